The van der Waals surface area contributed by atoms with Crippen LogP contribution in [0.4, 0.5) is 11.6 Å². The fourth-order valence-electron chi connectivity index (χ4n) is 2.80. The number of aromatic nitrogens is 2. The number of carbonyl (C=O) groups is 1. The fourth-order valence-corrected chi connectivity index (χ4v) is 2.80. The minimum atomic E-state index is 0.0787. The largest absolute Gasteiger partial charge is 0.354 e. The van der Waals surface area contributed by atoms with Gasteiger partial charge < -0.3 is 15.6 Å². The van der Waals surface area contributed by atoms with Gasteiger partial charge in [0.1, 0.15) is 5.82 Å². The minimum Gasteiger partial charge on any atom is -0.354 e. The van der Waals surface area contributed by atoms with E-state index < -0.39 is 0 Å². The van der Waals surface area contributed by atoms with E-state index in [1.54, 1.807) is 12.4 Å². The van der Waals surface area contributed by atoms with Gasteiger partial charge >= 0.3 is 0 Å². The molecule has 3 rings (SSSR count). The van der Waals surface area contributed by atoms with Crippen LogP contribution in [0.3, 0.4) is 0 Å². The van der Waals surface area contributed by atoms with Gasteiger partial charge in [-0.15, -0.1) is 0 Å². The van der Waals surface area contributed by atoms with Crippen LogP contribution in [0.5, 0.6) is 0 Å². The van der Waals surface area contributed by atoms with Crippen molar-refractivity contribution in [1.29, 1.82) is 0 Å². The Morgan fingerprint density at radius 3 is 3.22 bits per heavy atom. The first kappa shape index (κ1) is 11.2. The average molecular weight is 248 g/mol. The number of anilines is 2. The molecule has 2 aliphatic rings. The van der Waals surface area contributed by atoms with Gasteiger partial charge in [-0.05, 0) is 12.8 Å². The zero-order valence-electron chi connectivity index (χ0n) is 9.97. The molecular weight excluding hydrogens is 232 g/mol. The van der Waals surface area contributed by atoms with E-state index in [1.165, 1.54) is 0 Å². The quantitative estimate of drug-likeness (QED) is 0.481. The third kappa shape index (κ3) is 1.76. The van der Waals surface area contributed by atoms with Gasteiger partial charge in [-0.25, -0.2) is 10.8 Å². The summed E-state index contributed by atoms with van der Waals surface area (Å²) in [6.07, 6.45) is 5.24. The molecule has 2 aliphatic heterocycles. The van der Waals surface area contributed by atoms with E-state index in [0.29, 0.717) is 12.4 Å². The summed E-state index contributed by atoms with van der Waals surface area (Å²) in [6.45, 7) is 1.59. The molecule has 0 radical (unpaired) electrons. The molecule has 0 spiro atoms. The van der Waals surface area contributed by atoms with Crippen LogP contribution in [-0.4, -0.2) is 35.0 Å². The van der Waals surface area contributed by atoms with Crippen molar-refractivity contribution in [3.8, 4) is 0 Å². The summed E-state index contributed by atoms with van der Waals surface area (Å²) in [5.41, 5.74) is 2.49. The number of rotatable bonds is 2. The highest BCUT2D eigenvalue weighted by molar-refractivity contribution is 5.83. The number of nitrogens with two attached hydrogens (primary N) is 1. The third-order valence-electron chi connectivity index (χ3n) is 3.67. The van der Waals surface area contributed by atoms with Crippen LogP contribution in [0.25, 0.3) is 0 Å². The smallest absolute Gasteiger partial charge is 0.225 e. The van der Waals surface area contributed by atoms with Crippen molar-refractivity contribution >= 4 is 17.5 Å². The van der Waals surface area contributed by atoms with Crippen molar-refractivity contribution in [3.05, 3.63) is 12.4 Å². The predicted octanol–water partition coefficient (Wildman–Crippen LogP) is -0.523. The highest BCUT2D eigenvalue weighted by Crippen LogP contribution is 2.30. The molecule has 1 aromatic heterocycles. The van der Waals surface area contributed by atoms with Crippen LogP contribution in [0.2, 0.25) is 0 Å². The fraction of sp³-hybridized carbons (Fsp3) is 0.545. The molecule has 7 heteroatoms. The van der Waals surface area contributed by atoms with Gasteiger partial charge in [0.2, 0.25) is 5.91 Å². The predicted molar refractivity (Wildman–Crippen MR) is 66.7 cm³/mol. The van der Waals surface area contributed by atoms with Crippen molar-refractivity contribution in [2.45, 2.75) is 18.9 Å². The van der Waals surface area contributed by atoms with Crippen LogP contribution in [0.1, 0.15) is 12.8 Å². The molecule has 2 atom stereocenters. The first-order valence-electron chi connectivity index (χ1n) is 6.12. The van der Waals surface area contributed by atoms with Crippen molar-refractivity contribution in [2.75, 3.05) is 23.4 Å². The van der Waals surface area contributed by atoms with E-state index in [9.17, 15) is 4.79 Å². The van der Waals surface area contributed by atoms with Crippen LogP contribution in [0.15, 0.2) is 12.4 Å². The number of piperidine rings is 1. The second kappa shape index (κ2) is 4.41. The summed E-state index contributed by atoms with van der Waals surface area (Å²) in [4.78, 5) is 22.4. The van der Waals surface area contributed by atoms with Gasteiger partial charge in [-0.2, -0.15) is 0 Å². The summed E-state index contributed by atoms with van der Waals surface area (Å²) in [6, 6.07) is 0.188. The van der Waals surface area contributed by atoms with Gasteiger partial charge in [0, 0.05) is 13.1 Å². The normalized spacial score (nSPS) is 26.7. The number of carbonyl (C=O) groups excluding carboxylic acids is 1. The zero-order chi connectivity index (χ0) is 12.5. The van der Waals surface area contributed by atoms with Crippen molar-refractivity contribution in [1.82, 2.24) is 15.3 Å². The Bertz CT molecular complexity index is 465. The number of nitrogens with zero attached hydrogens (tertiary/aromatic N) is 3. The van der Waals surface area contributed by atoms with Crippen LogP contribution < -0.4 is 21.5 Å². The lowest BCUT2D eigenvalue weighted by Crippen LogP contribution is -2.46. The molecule has 2 fully saturated rings. The van der Waals surface area contributed by atoms with Gasteiger partial charge in [-0.3, -0.25) is 9.78 Å². The van der Waals surface area contributed by atoms with Gasteiger partial charge in [0.25, 0.3) is 0 Å². The molecule has 0 aliphatic carbocycles. The summed E-state index contributed by atoms with van der Waals surface area (Å²) in [5.74, 6) is 6.89. The maximum Gasteiger partial charge on any atom is 0.225 e. The number of nitrogens with one attached hydrogen (secondary N) is 2. The summed E-state index contributed by atoms with van der Waals surface area (Å²) < 4.78 is 0. The number of hydrogen-bond donors (Lipinski definition) is 3. The molecule has 96 valence electrons. The molecule has 3 heterocycles. The lowest BCUT2D eigenvalue weighted by atomic mass is 9.91. The van der Waals surface area contributed by atoms with Gasteiger partial charge in [-0.1, -0.05) is 0 Å². The van der Waals surface area contributed by atoms with Crippen LogP contribution >= 0.6 is 0 Å². The molecule has 0 aromatic carbocycles. The van der Waals surface area contributed by atoms with E-state index in [1.807, 2.05) is 0 Å². The second-order valence-electron chi connectivity index (χ2n) is 4.66. The number of nitrogen functional groups attached to an aromatic ring is 1. The molecule has 18 heavy (non-hydrogen) atoms. The maximum atomic E-state index is 11.7. The number of amides is 1. The first-order valence-corrected chi connectivity index (χ1v) is 6.12. The summed E-state index contributed by atoms with van der Waals surface area (Å²) >= 11 is 0. The highest BCUT2D eigenvalue weighted by Gasteiger charge is 2.41. The molecule has 0 bridgehead atoms. The van der Waals surface area contributed by atoms with E-state index in [0.717, 1.165) is 25.2 Å². The molecule has 2 unspecified atom stereocenters. The molecule has 7 nitrogen and oxygen atoms in total. The Balaban J connectivity index is 1.88. The van der Waals surface area contributed by atoms with E-state index in [4.69, 9.17) is 5.84 Å². The zero-order valence-corrected chi connectivity index (χ0v) is 9.97. The Labute approximate surface area is 105 Å². The Morgan fingerprint density at radius 2 is 2.39 bits per heavy atom. The minimum absolute atomic E-state index is 0.0787. The average Bonchev–Trinajstić information content (AvgIpc) is 2.81. The van der Waals surface area contributed by atoms with Crippen molar-refractivity contribution in [3.63, 3.8) is 0 Å². The van der Waals surface area contributed by atoms with E-state index in [-0.39, 0.29) is 17.9 Å². The van der Waals surface area contributed by atoms with E-state index >= 15 is 0 Å². The second-order valence-corrected chi connectivity index (χ2v) is 4.66. The van der Waals surface area contributed by atoms with Gasteiger partial charge in [0.05, 0.1) is 24.4 Å². The topological polar surface area (TPSA) is 96.2 Å². The lowest BCUT2D eigenvalue weighted by molar-refractivity contribution is -0.122. The number of hydrogen-bond acceptors (Lipinski definition) is 6. The SMILES string of the molecule is NNc1cncc(N2CCCC3C(=O)NCC32)n1. The monoisotopic (exact) mass is 248 g/mol. The Kier molecular flexibility index (Phi) is 2.75. The van der Waals surface area contributed by atoms with Crippen LogP contribution in [-0.2, 0) is 4.79 Å². The molecule has 2 saturated heterocycles. The lowest BCUT2D eigenvalue weighted by Gasteiger charge is -2.36. The first-order chi connectivity index (χ1) is 8.79. The molecule has 0 saturated carbocycles. The standard InChI is InChI=1S/C11H16N6O/c12-16-9-5-13-6-10(15-9)17-3-1-2-7-8(17)4-14-11(7)18/h5-8H,1-4,12H2,(H,14,18)(H,15,16). The van der Waals surface area contributed by atoms with Gasteiger partial charge in [0.15, 0.2) is 5.82 Å². The Morgan fingerprint density at radius 1 is 1.50 bits per heavy atom. The number of fused-ring (bicyclic) bond motifs is 1. The third-order valence-corrected chi connectivity index (χ3v) is 3.67. The highest BCUT2D eigenvalue weighted by atomic mass is 16.2. The van der Waals surface area contributed by atoms with Crippen molar-refractivity contribution in [2.24, 2.45) is 11.8 Å². The van der Waals surface area contributed by atoms with E-state index in [2.05, 4.69) is 25.6 Å². The van der Waals surface area contributed by atoms with Crippen LogP contribution in [0, 0.1) is 5.92 Å². The summed E-state index contributed by atoms with van der Waals surface area (Å²) in [5, 5.41) is 2.92. The summed E-state index contributed by atoms with van der Waals surface area (Å²) in [7, 11) is 0. The maximum absolute atomic E-state index is 11.7. The molecule has 1 amide bonds. The van der Waals surface area contributed by atoms with Crippen molar-refractivity contribution < 1.29 is 4.79 Å². The number of hydrazine groups is 1. The Hall–Kier alpha value is -1.89. The molecule has 4 N–H and O–H groups in total. The molecular formula is C11H16N6O. The molecule has 1 aromatic rings.